The lowest BCUT2D eigenvalue weighted by molar-refractivity contribution is -0.134. The maximum absolute atomic E-state index is 17.2. The molecule has 5 aliphatic rings. The summed E-state index contributed by atoms with van der Waals surface area (Å²) in [6, 6.07) is 7.25. The number of pyridine rings is 1. The van der Waals surface area contributed by atoms with Crippen LogP contribution in [0.5, 0.6) is 17.6 Å². The number of methoxy groups -OCH3 is 1. The molecule has 0 spiro atoms. The molecule has 4 unspecified atom stereocenters. The number of carbonyl (C=O) groups is 1. The van der Waals surface area contributed by atoms with Gasteiger partial charge in [0.1, 0.15) is 34.0 Å². The molecule has 0 radical (unpaired) electrons. The lowest BCUT2D eigenvalue weighted by Gasteiger charge is -2.42. The molecule has 3 saturated heterocycles. The molecule has 2 aromatic heterocycles. The van der Waals surface area contributed by atoms with Crippen molar-refractivity contribution < 1.29 is 28.2 Å². The molecule has 13 heteroatoms. The first-order chi connectivity index (χ1) is 25.7. The number of fused-ring (bicyclic) bond motifs is 5. The van der Waals surface area contributed by atoms with Crippen LogP contribution in [0.3, 0.4) is 0 Å². The van der Waals surface area contributed by atoms with Gasteiger partial charge >= 0.3 is 6.01 Å². The van der Waals surface area contributed by atoms with E-state index in [4.69, 9.17) is 26.1 Å². The first-order valence-electron chi connectivity index (χ1n) is 18.3. The molecule has 5 heterocycles. The predicted molar refractivity (Wildman–Crippen MR) is 192 cm³/mol. The van der Waals surface area contributed by atoms with Gasteiger partial charge in [-0.1, -0.05) is 12.0 Å². The van der Waals surface area contributed by atoms with Crippen LogP contribution in [0, 0.1) is 52.6 Å². The lowest BCUT2D eigenvalue weighted by atomic mass is 9.95. The molecule has 2 aromatic carbocycles. The number of anilines is 1. The van der Waals surface area contributed by atoms with Gasteiger partial charge in [0.05, 0.1) is 25.3 Å². The van der Waals surface area contributed by atoms with E-state index in [-0.39, 0.29) is 87.0 Å². The topological polar surface area (TPSA) is 128 Å². The number of nitriles is 1. The third-order valence-electron chi connectivity index (χ3n) is 12.0. The molecule has 2 aliphatic carbocycles. The zero-order valence-electron chi connectivity index (χ0n) is 29.4. The Balaban J connectivity index is 1.15. The summed E-state index contributed by atoms with van der Waals surface area (Å²) >= 11 is 0. The minimum atomic E-state index is -0.834. The van der Waals surface area contributed by atoms with Gasteiger partial charge in [-0.15, -0.1) is 6.42 Å². The summed E-state index contributed by atoms with van der Waals surface area (Å²) in [6.07, 6.45) is 11.0. The second-order valence-corrected chi connectivity index (χ2v) is 15.5. The third kappa shape index (κ3) is 5.82. The first-order valence-corrected chi connectivity index (χ1v) is 18.3. The van der Waals surface area contributed by atoms with Crippen molar-refractivity contribution in [3.8, 4) is 47.3 Å². The molecular formula is C40H39F2N7O4. The van der Waals surface area contributed by atoms with E-state index < -0.39 is 11.6 Å². The number of phenols is 1. The molecule has 4 atom stereocenters. The second kappa shape index (κ2) is 12.7. The molecule has 5 fully saturated rings. The SMILES string of the molecule is C#Cc1c(F)ccc2cc(O)cc(-c3nc(OC)c4c(N5CC6CCC(C5)N6C(=O)CCC#N)nc(OCC5(CN6CC7CC7C6)CC5)nc4c3F)c12. The van der Waals surface area contributed by atoms with Gasteiger partial charge in [-0.05, 0) is 67.5 Å². The predicted octanol–water partition coefficient (Wildman–Crippen LogP) is 5.41. The number of ether oxygens (including phenoxy) is 2. The van der Waals surface area contributed by atoms with Gasteiger partial charge in [0.2, 0.25) is 11.8 Å². The number of carbonyl (C=O) groups excluding carboxylic acids is 1. The summed E-state index contributed by atoms with van der Waals surface area (Å²) in [5.74, 6) is 2.71. The summed E-state index contributed by atoms with van der Waals surface area (Å²) in [5, 5.41) is 20.6. The highest BCUT2D eigenvalue weighted by molar-refractivity contribution is 6.04. The number of aromatic hydroxyl groups is 1. The monoisotopic (exact) mass is 719 g/mol. The highest BCUT2D eigenvalue weighted by atomic mass is 19.1. The van der Waals surface area contributed by atoms with E-state index >= 15 is 8.78 Å². The van der Waals surface area contributed by atoms with Gasteiger partial charge in [0.25, 0.3) is 0 Å². The molecule has 3 aliphatic heterocycles. The van der Waals surface area contributed by atoms with E-state index in [9.17, 15) is 9.90 Å². The van der Waals surface area contributed by atoms with E-state index in [1.807, 2.05) is 9.80 Å². The molecule has 272 valence electrons. The number of piperidine rings is 1. The van der Waals surface area contributed by atoms with Crippen molar-refractivity contribution in [2.24, 2.45) is 17.3 Å². The standard InChI is InChI=1S/C40H39F2N7O4/c1-3-28-30(41)9-6-22-14-27(50)15-29(32(22)28)35-34(42)36-33(38(44-35)52-2)37(48-18-25-7-8-26(19-48)49(25)31(51)5-4-12-43)46-39(45-36)53-21-40(10-11-40)20-47-16-23-13-24(23)17-47/h1,6,9,14-15,23-26,50H,4-5,7-8,10-11,13,16-21H2,2H3. The normalized spacial score (nSPS) is 23.9. The molecule has 1 amide bonds. The Bertz CT molecular complexity index is 2240. The van der Waals surface area contributed by atoms with Crippen molar-refractivity contribution in [3.63, 3.8) is 0 Å². The molecule has 53 heavy (non-hydrogen) atoms. The Kier molecular flexibility index (Phi) is 8.04. The van der Waals surface area contributed by atoms with Crippen molar-refractivity contribution in [2.45, 2.75) is 57.0 Å². The molecule has 11 nitrogen and oxygen atoms in total. The van der Waals surface area contributed by atoms with Crippen LogP contribution < -0.4 is 14.4 Å². The van der Waals surface area contributed by atoms with Crippen LogP contribution in [0.4, 0.5) is 14.6 Å². The number of halogens is 2. The second-order valence-electron chi connectivity index (χ2n) is 15.5. The molecule has 2 bridgehead atoms. The minimum absolute atomic E-state index is 0.0112. The van der Waals surface area contributed by atoms with Crippen LogP contribution in [-0.2, 0) is 4.79 Å². The number of terminal acetylenes is 1. The highest BCUT2D eigenvalue weighted by Crippen LogP contribution is 2.51. The maximum atomic E-state index is 17.2. The highest BCUT2D eigenvalue weighted by Gasteiger charge is 2.51. The van der Waals surface area contributed by atoms with Crippen molar-refractivity contribution in [1.82, 2.24) is 24.8 Å². The number of aromatic nitrogens is 3. The fourth-order valence-electron chi connectivity index (χ4n) is 9.09. The van der Waals surface area contributed by atoms with Gasteiger partial charge in [0, 0.05) is 74.0 Å². The summed E-state index contributed by atoms with van der Waals surface area (Å²) < 4.78 is 44.5. The lowest BCUT2D eigenvalue weighted by Crippen LogP contribution is -2.56. The summed E-state index contributed by atoms with van der Waals surface area (Å²) in [6.45, 7) is 4.44. The van der Waals surface area contributed by atoms with Crippen LogP contribution in [0.25, 0.3) is 32.9 Å². The van der Waals surface area contributed by atoms with Crippen LogP contribution in [0.2, 0.25) is 0 Å². The molecule has 4 aromatic rings. The number of amides is 1. The minimum Gasteiger partial charge on any atom is -0.508 e. The Morgan fingerprint density at radius 3 is 2.51 bits per heavy atom. The van der Waals surface area contributed by atoms with E-state index in [1.165, 1.54) is 37.8 Å². The molecular weight excluding hydrogens is 680 g/mol. The van der Waals surface area contributed by atoms with Crippen molar-refractivity contribution in [3.05, 3.63) is 41.5 Å². The zero-order chi connectivity index (χ0) is 36.6. The average Bonchev–Trinajstić information content (AvgIpc) is 4.04. The fourth-order valence-corrected chi connectivity index (χ4v) is 9.09. The van der Waals surface area contributed by atoms with E-state index in [0.29, 0.717) is 30.9 Å². The van der Waals surface area contributed by atoms with Gasteiger partial charge in [0.15, 0.2) is 5.82 Å². The maximum Gasteiger partial charge on any atom is 0.319 e. The quantitative estimate of drug-likeness (QED) is 0.213. The summed E-state index contributed by atoms with van der Waals surface area (Å²) in [4.78, 5) is 33.8. The smallest absolute Gasteiger partial charge is 0.319 e. The van der Waals surface area contributed by atoms with Crippen LogP contribution in [0.15, 0.2) is 24.3 Å². The molecule has 9 rings (SSSR count). The van der Waals surface area contributed by atoms with Crippen molar-refractivity contribution >= 4 is 33.4 Å². The number of hydrogen-bond acceptors (Lipinski definition) is 10. The number of phenolic OH excluding ortho intramolecular Hbond substituents is 1. The fraction of sp³-hybridized carbons (Fsp3) is 0.475. The number of hydrogen-bond donors (Lipinski definition) is 1. The van der Waals surface area contributed by atoms with E-state index in [0.717, 1.165) is 57.2 Å². The number of benzene rings is 2. The summed E-state index contributed by atoms with van der Waals surface area (Å²) in [7, 11) is 1.42. The largest absolute Gasteiger partial charge is 0.508 e. The van der Waals surface area contributed by atoms with Crippen molar-refractivity contribution in [2.75, 3.05) is 51.3 Å². The van der Waals surface area contributed by atoms with Crippen LogP contribution in [0.1, 0.15) is 50.5 Å². The van der Waals surface area contributed by atoms with Gasteiger partial charge in [-0.3, -0.25) is 4.79 Å². The number of likely N-dealkylation sites (tertiary alicyclic amines) is 1. The first kappa shape index (κ1) is 33.6. The molecule has 1 N–H and O–H groups in total. The Morgan fingerprint density at radius 1 is 1.08 bits per heavy atom. The van der Waals surface area contributed by atoms with Crippen LogP contribution >= 0.6 is 0 Å². The third-order valence-corrected chi connectivity index (χ3v) is 12.0. The zero-order valence-corrected chi connectivity index (χ0v) is 29.4. The Hall–Kier alpha value is -5.27. The Labute approximate surface area is 305 Å². The van der Waals surface area contributed by atoms with Gasteiger partial charge in [-0.25, -0.2) is 13.8 Å². The number of piperazine rings is 1. The van der Waals surface area contributed by atoms with Crippen molar-refractivity contribution in [1.29, 1.82) is 5.26 Å². The number of nitrogens with zero attached hydrogens (tertiary/aromatic N) is 7. The number of rotatable bonds is 10. The van der Waals surface area contributed by atoms with Gasteiger partial charge < -0.3 is 29.3 Å². The Morgan fingerprint density at radius 2 is 1.83 bits per heavy atom. The van der Waals surface area contributed by atoms with E-state index in [2.05, 4.69) is 26.9 Å². The summed E-state index contributed by atoms with van der Waals surface area (Å²) in [5.41, 5.74) is -0.359. The van der Waals surface area contributed by atoms with Gasteiger partial charge in [-0.2, -0.15) is 15.2 Å². The van der Waals surface area contributed by atoms with Crippen LogP contribution in [-0.4, -0.2) is 94.3 Å². The van der Waals surface area contributed by atoms with E-state index in [1.54, 1.807) is 0 Å². The average molecular weight is 720 g/mol. The molecule has 2 saturated carbocycles.